The SMILES string of the molecule is CN(C)C(=O)CCC/C=C\C[C@@H]1[C@@H](/C=C/[C@H](Cc2ccccc2)OC2CCCCO2)[C@H](O)C[C@@H]1OC1CCCCO1. The van der Waals surface area contributed by atoms with Crippen LogP contribution >= 0.6 is 0 Å². The van der Waals surface area contributed by atoms with E-state index >= 15 is 0 Å². The van der Waals surface area contributed by atoms with Crippen molar-refractivity contribution in [3.05, 3.63) is 60.2 Å². The number of aliphatic hydroxyl groups excluding tert-OH is 1. The molecule has 1 N–H and O–H groups in total. The standard InChI is InChI=1S/C34H51NO6/c1-35(2)32(37)17-9-4-3-8-16-29-28(30(36)25-31(29)41-34-19-11-13-23-39-34)21-20-27(24-26-14-6-5-7-15-26)40-33-18-10-12-22-38-33/h3,5-8,14-15,20-21,27-31,33-34,36H,4,9-13,16-19,22-25H2,1-2H3/b8-3-,21-20+/t27-,28-,29-,30-,31+,33?,34?/m1/s1. The number of allylic oxidation sites excluding steroid dienone is 2. The minimum Gasteiger partial charge on any atom is -0.392 e. The largest absolute Gasteiger partial charge is 0.392 e. The summed E-state index contributed by atoms with van der Waals surface area (Å²) in [6.45, 7) is 1.48. The molecule has 0 radical (unpaired) electrons. The van der Waals surface area contributed by atoms with E-state index in [9.17, 15) is 9.90 Å². The third kappa shape index (κ3) is 10.6. The molecule has 228 valence electrons. The summed E-state index contributed by atoms with van der Waals surface area (Å²) in [4.78, 5) is 13.5. The second kappa shape index (κ2) is 17.2. The van der Waals surface area contributed by atoms with Crippen LogP contribution in [-0.4, -0.2) is 74.1 Å². The molecule has 3 fully saturated rings. The van der Waals surface area contributed by atoms with E-state index in [-0.39, 0.29) is 42.5 Å². The first kappa shape index (κ1) is 31.9. The first-order valence-corrected chi connectivity index (χ1v) is 15.8. The van der Waals surface area contributed by atoms with E-state index in [0.29, 0.717) is 12.8 Å². The van der Waals surface area contributed by atoms with Gasteiger partial charge in [0.15, 0.2) is 12.6 Å². The van der Waals surface area contributed by atoms with Crippen molar-refractivity contribution in [1.29, 1.82) is 0 Å². The molecule has 4 rings (SSSR count). The highest BCUT2D eigenvalue weighted by Gasteiger charge is 2.42. The number of ether oxygens (including phenoxy) is 4. The minimum atomic E-state index is -0.487. The van der Waals surface area contributed by atoms with Crippen molar-refractivity contribution in [2.75, 3.05) is 27.3 Å². The van der Waals surface area contributed by atoms with Gasteiger partial charge < -0.3 is 29.0 Å². The Bertz CT molecular complexity index is 938. The van der Waals surface area contributed by atoms with Crippen molar-refractivity contribution >= 4 is 5.91 Å². The van der Waals surface area contributed by atoms with E-state index in [1.165, 1.54) is 5.56 Å². The summed E-state index contributed by atoms with van der Waals surface area (Å²) in [6, 6.07) is 10.4. The van der Waals surface area contributed by atoms with Crippen LogP contribution in [-0.2, 0) is 30.2 Å². The van der Waals surface area contributed by atoms with Crippen LogP contribution in [0.15, 0.2) is 54.6 Å². The van der Waals surface area contributed by atoms with Gasteiger partial charge in [-0.25, -0.2) is 0 Å². The van der Waals surface area contributed by atoms with Gasteiger partial charge in [-0.15, -0.1) is 0 Å². The third-order valence-corrected chi connectivity index (χ3v) is 8.48. The summed E-state index contributed by atoms with van der Waals surface area (Å²) in [5, 5.41) is 11.2. The van der Waals surface area contributed by atoms with Gasteiger partial charge in [0.25, 0.3) is 0 Å². The number of unbranched alkanes of at least 4 members (excludes halogenated alkanes) is 1. The van der Waals surface area contributed by atoms with Gasteiger partial charge in [-0.3, -0.25) is 4.79 Å². The van der Waals surface area contributed by atoms with E-state index in [4.69, 9.17) is 18.9 Å². The number of hydrogen-bond donors (Lipinski definition) is 1. The van der Waals surface area contributed by atoms with Gasteiger partial charge in [0.1, 0.15) is 0 Å². The number of benzene rings is 1. The van der Waals surface area contributed by atoms with E-state index in [1.807, 2.05) is 6.07 Å². The van der Waals surface area contributed by atoms with Crippen LogP contribution in [0.4, 0.5) is 0 Å². The fourth-order valence-corrected chi connectivity index (χ4v) is 6.09. The summed E-state index contributed by atoms with van der Waals surface area (Å²) in [5.74, 6) is 0.252. The number of hydrogen-bond acceptors (Lipinski definition) is 6. The molecule has 0 spiro atoms. The van der Waals surface area contributed by atoms with E-state index < -0.39 is 6.10 Å². The highest BCUT2D eigenvalue weighted by Crippen LogP contribution is 2.39. The molecular weight excluding hydrogens is 518 g/mol. The van der Waals surface area contributed by atoms with Crippen LogP contribution in [0.1, 0.15) is 76.2 Å². The Kier molecular flexibility index (Phi) is 13.4. The molecule has 2 heterocycles. The molecule has 1 saturated carbocycles. The fraction of sp³-hybridized carbons (Fsp3) is 0.676. The summed E-state index contributed by atoms with van der Waals surface area (Å²) < 4.78 is 24.7. The van der Waals surface area contributed by atoms with Gasteiger partial charge in [0.05, 0.1) is 18.3 Å². The first-order chi connectivity index (χ1) is 20.0. The lowest BCUT2D eigenvalue weighted by Crippen LogP contribution is -2.31. The molecule has 0 aromatic heterocycles. The van der Waals surface area contributed by atoms with E-state index in [1.54, 1.807) is 19.0 Å². The molecule has 7 heteroatoms. The van der Waals surface area contributed by atoms with Crippen LogP contribution in [0, 0.1) is 11.8 Å². The second-order valence-electron chi connectivity index (χ2n) is 11.9. The number of carbonyl (C=O) groups is 1. The molecule has 1 aromatic rings. The maximum Gasteiger partial charge on any atom is 0.222 e. The molecular formula is C34H51NO6. The molecule has 41 heavy (non-hydrogen) atoms. The first-order valence-electron chi connectivity index (χ1n) is 15.8. The van der Waals surface area contributed by atoms with E-state index in [0.717, 1.165) is 77.4 Å². The number of rotatable bonds is 14. The monoisotopic (exact) mass is 569 g/mol. The summed E-state index contributed by atoms with van der Waals surface area (Å²) in [7, 11) is 3.59. The highest BCUT2D eigenvalue weighted by molar-refractivity contribution is 5.75. The van der Waals surface area contributed by atoms with Gasteiger partial charge in [-0.1, -0.05) is 54.6 Å². The zero-order valence-corrected chi connectivity index (χ0v) is 25.1. The average molecular weight is 570 g/mol. The lowest BCUT2D eigenvalue weighted by molar-refractivity contribution is -0.195. The van der Waals surface area contributed by atoms with Crippen LogP contribution in [0.5, 0.6) is 0 Å². The Morgan fingerprint density at radius 3 is 2.46 bits per heavy atom. The molecule has 7 nitrogen and oxygen atoms in total. The molecule has 2 saturated heterocycles. The number of carbonyl (C=O) groups excluding carboxylic acids is 1. The normalized spacial score (nSPS) is 29.7. The van der Waals surface area contributed by atoms with Crippen LogP contribution < -0.4 is 0 Å². The van der Waals surface area contributed by atoms with Crippen molar-refractivity contribution in [3.8, 4) is 0 Å². The van der Waals surface area contributed by atoms with Crippen LogP contribution in [0.25, 0.3) is 0 Å². The predicted octanol–water partition coefficient (Wildman–Crippen LogP) is 5.81. The Morgan fingerprint density at radius 1 is 1.05 bits per heavy atom. The Morgan fingerprint density at radius 2 is 1.78 bits per heavy atom. The highest BCUT2D eigenvalue weighted by atomic mass is 16.7. The van der Waals surface area contributed by atoms with Gasteiger partial charge in [-0.2, -0.15) is 0 Å². The smallest absolute Gasteiger partial charge is 0.222 e. The molecule has 7 atom stereocenters. The number of amides is 1. The Balaban J connectivity index is 1.43. The van der Waals surface area contributed by atoms with Crippen LogP contribution in [0.2, 0.25) is 0 Å². The third-order valence-electron chi connectivity index (χ3n) is 8.48. The van der Waals surface area contributed by atoms with Crippen molar-refractivity contribution in [3.63, 3.8) is 0 Å². The van der Waals surface area contributed by atoms with E-state index in [2.05, 4.69) is 48.6 Å². The zero-order chi connectivity index (χ0) is 28.9. The number of nitrogens with zero attached hydrogens (tertiary/aromatic N) is 1. The fourth-order valence-electron chi connectivity index (χ4n) is 6.09. The summed E-state index contributed by atoms with van der Waals surface area (Å²) in [6.07, 6.45) is 18.2. The molecule has 1 aliphatic carbocycles. The maximum absolute atomic E-state index is 11.9. The van der Waals surface area contributed by atoms with Gasteiger partial charge in [0.2, 0.25) is 5.91 Å². The zero-order valence-electron chi connectivity index (χ0n) is 25.1. The molecule has 0 bridgehead atoms. The predicted molar refractivity (Wildman–Crippen MR) is 160 cm³/mol. The van der Waals surface area contributed by atoms with Crippen molar-refractivity contribution < 1.29 is 28.8 Å². The summed E-state index contributed by atoms with van der Waals surface area (Å²) in [5.41, 5.74) is 1.22. The second-order valence-corrected chi connectivity index (χ2v) is 11.9. The van der Waals surface area contributed by atoms with Gasteiger partial charge >= 0.3 is 0 Å². The molecule has 3 aliphatic rings. The van der Waals surface area contributed by atoms with Gasteiger partial charge in [0, 0.05) is 52.5 Å². The van der Waals surface area contributed by atoms with Crippen molar-refractivity contribution in [1.82, 2.24) is 4.90 Å². The molecule has 2 unspecified atom stereocenters. The molecule has 1 aromatic carbocycles. The summed E-state index contributed by atoms with van der Waals surface area (Å²) >= 11 is 0. The minimum absolute atomic E-state index is 0.0438. The Hall–Kier alpha value is -2.03. The molecule has 2 aliphatic heterocycles. The van der Waals surface area contributed by atoms with Crippen LogP contribution in [0.3, 0.4) is 0 Å². The lowest BCUT2D eigenvalue weighted by Gasteiger charge is -2.30. The van der Waals surface area contributed by atoms with Gasteiger partial charge in [-0.05, 0) is 69.3 Å². The lowest BCUT2D eigenvalue weighted by atomic mass is 9.89. The topological polar surface area (TPSA) is 77.5 Å². The number of aliphatic hydroxyl groups is 1. The van der Waals surface area contributed by atoms with Crippen molar-refractivity contribution in [2.24, 2.45) is 11.8 Å². The van der Waals surface area contributed by atoms with Crippen molar-refractivity contribution in [2.45, 2.75) is 108 Å². The quantitative estimate of drug-likeness (QED) is 0.225. The Labute approximate surface area is 246 Å². The average Bonchev–Trinajstić information content (AvgIpc) is 3.28. The molecule has 1 amide bonds. The maximum atomic E-state index is 11.9.